The molecular formula is C28H36N4O. The molecule has 1 aromatic carbocycles. The van der Waals surface area contributed by atoms with E-state index in [1.54, 1.807) is 0 Å². The van der Waals surface area contributed by atoms with Crippen LogP contribution in [0.4, 0.5) is 5.69 Å². The molecule has 0 N–H and O–H groups in total. The minimum absolute atomic E-state index is 0.655. The number of benzene rings is 1. The highest BCUT2D eigenvalue weighted by molar-refractivity contribution is 5.79. The second kappa shape index (κ2) is 9.21. The van der Waals surface area contributed by atoms with Crippen molar-refractivity contribution in [1.29, 1.82) is 0 Å². The Balaban J connectivity index is 1.28. The Morgan fingerprint density at radius 1 is 0.970 bits per heavy atom. The largest absolute Gasteiger partial charge is 0.379 e. The van der Waals surface area contributed by atoms with Gasteiger partial charge in [-0.3, -0.25) is 9.88 Å². The number of ether oxygens (including phenoxy) is 1. The zero-order chi connectivity index (χ0) is 22.2. The van der Waals surface area contributed by atoms with Gasteiger partial charge >= 0.3 is 0 Å². The number of piperazine rings is 1. The molecule has 3 heterocycles. The van der Waals surface area contributed by atoms with Gasteiger partial charge in [0.2, 0.25) is 0 Å². The molecule has 174 valence electrons. The van der Waals surface area contributed by atoms with E-state index in [4.69, 9.17) is 9.72 Å². The molecular weight excluding hydrogens is 408 g/mol. The van der Waals surface area contributed by atoms with Crippen LogP contribution in [0.5, 0.6) is 0 Å². The van der Waals surface area contributed by atoms with Crippen LogP contribution in [0, 0.1) is 0 Å². The molecule has 2 aliphatic heterocycles. The summed E-state index contributed by atoms with van der Waals surface area (Å²) in [6, 6.07) is 11.6. The van der Waals surface area contributed by atoms with Crippen molar-refractivity contribution >= 4 is 11.8 Å². The van der Waals surface area contributed by atoms with Crippen molar-refractivity contribution in [3.05, 3.63) is 52.7 Å². The molecule has 2 saturated heterocycles. The maximum Gasteiger partial charge on any atom is 0.0780 e. The number of hydrogen-bond donors (Lipinski definition) is 0. The maximum atomic E-state index is 5.55. The average Bonchev–Trinajstić information content (AvgIpc) is 3.21. The highest BCUT2D eigenvalue weighted by Gasteiger charge is 2.26. The van der Waals surface area contributed by atoms with E-state index in [2.05, 4.69) is 58.2 Å². The molecule has 33 heavy (non-hydrogen) atoms. The predicted octanol–water partition coefficient (Wildman–Crippen LogP) is 4.04. The van der Waals surface area contributed by atoms with Crippen LogP contribution in [0.1, 0.15) is 42.0 Å². The van der Waals surface area contributed by atoms with Gasteiger partial charge in [0, 0.05) is 74.2 Å². The van der Waals surface area contributed by atoms with Crippen LogP contribution in [0.15, 0.2) is 35.9 Å². The fraction of sp³-hybridized carbons (Fsp3) is 0.536. The Morgan fingerprint density at radius 2 is 1.73 bits per heavy atom. The van der Waals surface area contributed by atoms with Gasteiger partial charge in [-0.25, -0.2) is 0 Å². The average molecular weight is 445 g/mol. The number of rotatable bonds is 5. The van der Waals surface area contributed by atoms with Gasteiger partial charge < -0.3 is 14.5 Å². The van der Waals surface area contributed by atoms with Gasteiger partial charge in [-0.05, 0) is 50.1 Å². The monoisotopic (exact) mass is 444 g/mol. The smallest absolute Gasteiger partial charge is 0.0780 e. The van der Waals surface area contributed by atoms with Crippen LogP contribution < -0.4 is 4.90 Å². The molecule has 0 amide bonds. The predicted molar refractivity (Wildman–Crippen MR) is 135 cm³/mol. The summed E-state index contributed by atoms with van der Waals surface area (Å²) in [4.78, 5) is 12.7. The van der Waals surface area contributed by atoms with Crippen LogP contribution in [0.2, 0.25) is 0 Å². The summed E-state index contributed by atoms with van der Waals surface area (Å²) >= 11 is 0. The van der Waals surface area contributed by atoms with Crippen LogP contribution in [0.3, 0.4) is 0 Å². The second-order valence-electron chi connectivity index (χ2n) is 10.3. The third-order valence-corrected chi connectivity index (χ3v) is 7.99. The summed E-state index contributed by atoms with van der Waals surface area (Å²) < 4.78 is 5.55. The van der Waals surface area contributed by atoms with Gasteiger partial charge in [0.1, 0.15) is 0 Å². The third kappa shape index (κ3) is 4.46. The lowest BCUT2D eigenvalue weighted by Gasteiger charge is -2.34. The standard InChI is InChI=1S/C28H36N4O/c1-30-9-11-32(12-10-30)25-7-5-23(6-8-25)28-26-18-21(20-31-13-15-33-16-14-31)17-24(26)19-27(29-28)22-3-2-4-22/h5-8,18-19,22H,2-4,9-17,20H2,1H3. The molecule has 5 heteroatoms. The first-order chi connectivity index (χ1) is 16.2. The van der Waals surface area contributed by atoms with Crippen molar-refractivity contribution in [3.8, 4) is 11.3 Å². The van der Waals surface area contributed by atoms with E-state index in [1.165, 1.54) is 58.6 Å². The normalized spacial score (nSPS) is 22.2. The molecule has 0 bridgehead atoms. The minimum Gasteiger partial charge on any atom is -0.379 e. The van der Waals surface area contributed by atoms with Crippen LogP contribution in [-0.2, 0) is 11.2 Å². The summed E-state index contributed by atoms with van der Waals surface area (Å²) in [7, 11) is 2.21. The Bertz CT molecular complexity index is 1010. The van der Waals surface area contributed by atoms with Gasteiger partial charge in [0.15, 0.2) is 0 Å². The quantitative estimate of drug-likeness (QED) is 0.695. The lowest BCUT2D eigenvalue weighted by molar-refractivity contribution is 0.0422. The number of anilines is 1. The summed E-state index contributed by atoms with van der Waals surface area (Å²) in [5.74, 6) is 0.655. The van der Waals surface area contributed by atoms with Crippen molar-refractivity contribution in [2.45, 2.75) is 31.6 Å². The fourth-order valence-corrected chi connectivity index (χ4v) is 5.61. The van der Waals surface area contributed by atoms with Gasteiger partial charge in [-0.2, -0.15) is 0 Å². The number of pyridine rings is 1. The molecule has 4 aliphatic rings. The lowest BCUT2D eigenvalue weighted by atomic mass is 9.81. The molecule has 5 nitrogen and oxygen atoms in total. The molecule has 2 aliphatic carbocycles. The van der Waals surface area contributed by atoms with Crippen molar-refractivity contribution < 1.29 is 4.74 Å². The first-order valence-corrected chi connectivity index (χ1v) is 12.8. The summed E-state index contributed by atoms with van der Waals surface area (Å²) in [6.45, 7) is 9.34. The zero-order valence-electron chi connectivity index (χ0n) is 19.9. The molecule has 0 radical (unpaired) electrons. The van der Waals surface area contributed by atoms with E-state index in [0.717, 1.165) is 65.4 Å². The van der Waals surface area contributed by atoms with E-state index in [1.807, 2.05) is 0 Å². The first-order valence-electron chi connectivity index (χ1n) is 12.8. The van der Waals surface area contributed by atoms with Crippen molar-refractivity contribution in [3.63, 3.8) is 0 Å². The fourth-order valence-electron chi connectivity index (χ4n) is 5.61. The van der Waals surface area contributed by atoms with Crippen LogP contribution >= 0.6 is 0 Å². The third-order valence-electron chi connectivity index (χ3n) is 7.99. The summed E-state index contributed by atoms with van der Waals surface area (Å²) in [5.41, 5.74) is 9.46. The Kier molecular flexibility index (Phi) is 5.95. The number of fused-ring (bicyclic) bond motifs is 1. The van der Waals surface area contributed by atoms with Gasteiger partial charge in [-0.1, -0.05) is 30.2 Å². The van der Waals surface area contributed by atoms with Crippen LogP contribution in [0.25, 0.3) is 17.3 Å². The molecule has 3 fully saturated rings. The lowest BCUT2D eigenvalue weighted by Crippen LogP contribution is -2.44. The second-order valence-corrected chi connectivity index (χ2v) is 10.3. The maximum absolute atomic E-state index is 5.55. The molecule has 2 aromatic rings. The SMILES string of the molecule is CN1CCN(c2ccc(-c3nc(C4CCC4)cc4c3C=C(CN3CCOCC3)C4)cc2)CC1. The zero-order valence-corrected chi connectivity index (χ0v) is 19.9. The Hall–Kier alpha value is -2.21. The highest BCUT2D eigenvalue weighted by atomic mass is 16.5. The van der Waals surface area contributed by atoms with Crippen molar-refractivity contribution in [2.24, 2.45) is 0 Å². The van der Waals surface area contributed by atoms with E-state index >= 15 is 0 Å². The van der Waals surface area contributed by atoms with E-state index in [-0.39, 0.29) is 0 Å². The number of morpholine rings is 1. The van der Waals surface area contributed by atoms with Gasteiger partial charge in [0.25, 0.3) is 0 Å². The minimum atomic E-state index is 0.655. The number of hydrogen-bond acceptors (Lipinski definition) is 5. The summed E-state index contributed by atoms with van der Waals surface area (Å²) in [5, 5.41) is 0. The molecule has 1 aromatic heterocycles. The molecule has 6 rings (SSSR count). The summed E-state index contributed by atoms with van der Waals surface area (Å²) in [6.07, 6.45) is 7.44. The van der Waals surface area contributed by atoms with Crippen molar-refractivity contribution in [1.82, 2.24) is 14.8 Å². The topological polar surface area (TPSA) is 31.8 Å². The van der Waals surface area contributed by atoms with E-state index < -0.39 is 0 Å². The molecule has 0 atom stereocenters. The molecule has 0 spiro atoms. The first kappa shape index (κ1) is 21.3. The van der Waals surface area contributed by atoms with Gasteiger partial charge in [0.05, 0.1) is 18.9 Å². The molecule has 1 saturated carbocycles. The van der Waals surface area contributed by atoms with Gasteiger partial charge in [-0.15, -0.1) is 0 Å². The molecule has 0 unspecified atom stereocenters. The number of aromatic nitrogens is 1. The number of nitrogens with zero attached hydrogens (tertiary/aromatic N) is 4. The van der Waals surface area contributed by atoms with E-state index in [9.17, 15) is 0 Å². The number of likely N-dealkylation sites (N-methyl/N-ethyl adjacent to an activating group) is 1. The van der Waals surface area contributed by atoms with Crippen LogP contribution in [-0.4, -0.2) is 80.9 Å². The Morgan fingerprint density at radius 3 is 2.42 bits per heavy atom. The van der Waals surface area contributed by atoms with E-state index in [0.29, 0.717) is 5.92 Å². The Labute approximate surface area is 198 Å². The van der Waals surface area contributed by atoms with Crippen molar-refractivity contribution in [2.75, 3.05) is 71.0 Å². The highest BCUT2D eigenvalue weighted by Crippen LogP contribution is 2.40.